The average molecular weight is 326 g/mol. The summed E-state index contributed by atoms with van der Waals surface area (Å²) in [5, 5.41) is 3.99. The monoisotopic (exact) mass is 326 g/mol. The van der Waals surface area contributed by atoms with Gasteiger partial charge in [0.25, 0.3) is 5.91 Å². The second-order valence-electron chi connectivity index (χ2n) is 6.17. The van der Waals surface area contributed by atoms with Crippen molar-refractivity contribution in [3.05, 3.63) is 41.6 Å². The normalized spacial score (nSPS) is 14.8. The number of hydrogen-bond donors (Lipinski definition) is 0. The number of aromatic nitrogens is 5. The van der Waals surface area contributed by atoms with Crippen LogP contribution >= 0.6 is 0 Å². The molecule has 3 aromatic rings. The Hall–Kier alpha value is -2.77. The number of imidazole rings is 1. The standard InChI is InChI=1S/C16H18N6O2/c1-10-13(22-8-4-7-17-16(22)18-10)15(23)21(2)9-12-19-14(24-20-12)11-5-3-6-11/h4,7-8,11H,3,5-6,9H2,1-2H3. The molecular formula is C16H18N6O2. The highest BCUT2D eigenvalue weighted by Crippen LogP contribution is 2.35. The van der Waals surface area contributed by atoms with E-state index in [1.54, 1.807) is 41.7 Å². The SMILES string of the molecule is Cc1nc2ncccn2c1C(=O)N(C)Cc1noc(C2CCC2)n1. The first-order chi connectivity index (χ1) is 11.6. The first-order valence-corrected chi connectivity index (χ1v) is 8.01. The molecule has 0 N–H and O–H groups in total. The third-order valence-corrected chi connectivity index (χ3v) is 4.44. The van der Waals surface area contributed by atoms with Gasteiger partial charge in [0.1, 0.15) is 5.69 Å². The number of hydrogen-bond acceptors (Lipinski definition) is 6. The number of fused-ring (bicyclic) bond motifs is 1. The zero-order chi connectivity index (χ0) is 16.7. The van der Waals surface area contributed by atoms with Crippen LogP contribution in [0.4, 0.5) is 0 Å². The Labute approximate surface area is 138 Å². The molecule has 3 aromatic heterocycles. The zero-order valence-corrected chi connectivity index (χ0v) is 13.6. The summed E-state index contributed by atoms with van der Waals surface area (Å²) in [7, 11) is 1.72. The Kier molecular flexibility index (Phi) is 3.51. The molecule has 24 heavy (non-hydrogen) atoms. The fourth-order valence-electron chi connectivity index (χ4n) is 2.87. The molecule has 0 aliphatic heterocycles. The van der Waals surface area contributed by atoms with E-state index < -0.39 is 0 Å². The van der Waals surface area contributed by atoms with Gasteiger partial charge in [-0.05, 0) is 25.8 Å². The van der Waals surface area contributed by atoms with Crippen LogP contribution in [0.15, 0.2) is 23.0 Å². The van der Waals surface area contributed by atoms with Crippen molar-refractivity contribution in [1.82, 2.24) is 29.4 Å². The maximum absolute atomic E-state index is 12.8. The van der Waals surface area contributed by atoms with E-state index in [1.807, 2.05) is 0 Å². The molecule has 1 fully saturated rings. The number of amides is 1. The van der Waals surface area contributed by atoms with Crippen molar-refractivity contribution >= 4 is 11.7 Å². The predicted octanol–water partition coefficient (Wildman–Crippen LogP) is 1.96. The summed E-state index contributed by atoms with van der Waals surface area (Å²) in [5.74, 6) is 1.96. The summed E-state index contributed by atoms with van der Waals surface area (Å²) in [5.41, 5.74) is 1.15. The molecule has 8 heteroatoms. The fraction of sp³-hybridized carbons (Fsp3) is 0.438. The second-order valence-corrected chi connectivity index (χ2v) is 6.17. The molecule has 0 saturated heterocycles. The molecule has 3 heterocycles. The van der Waals surface area contributed by atoms with Crippen molar-refractivity contribution in [2.75, 3.05) is 7.05 Å². The van der Waals surface area contributed by atoms with Gasteiger partial charge in [-0.25, -0.2) is 9.97 Å². The molecular weight excluding hydrogens is 308 g/mol. The van der Waals surface area contributed by atoms with Crippen LogP contribution in [0.3, 0.4) is 0 Å². The van der Waals surface area contributed by atoms with Gasteiger partial charge in [0, 0.05) is 25.4 Å². The van der Waals surface area contributed by atoms with Crippen LogP contribution in [0, 0.1) is 6.92 Å². The summed E-state index contributed by atoms with van der Waals surface area (Å²) in [4.78, 5) is 27.3. The number of rotatable bonds is 4. The highest BCUT2D eigenvalue weighted by Gasteiger charge is 2.26. The van der Waals surface area contributed by atoms with Gasteiger partial charge < -0.3 is 9.42 Å². The highest BCUT2D eigenvalue weighted by molar-refractivity contribution is 5.94. The van der Waals surface area contributed by atoms with Gasteiger partial charge in [-0.2, -0.15) is 4.98 Å². The first kappa shape index (κ1) is 14.8. The molecule has 1 aliphatic carbocycles. The van der Waals surface area contributed by atoms with Crippen molar-refractivity contribution < 1.29 is 9.32 Å². The van der Waals surface area contributed by atoms with Gasteiger partial charge in [0.2, 0.25) is 11.7 Å². The number of carbonyl (C=O) groups is 1. The molecule has 1 aliphatic rings. The molecule has 0 spiro atoms. The molecule has 0 atom stereocenters. The van der Waals surface area contributed by atoms with E-state index in [0.29, 0.717) is 41.3 Å². The van der Waals surface area contributed by atoms with Crippen LogP contribution in [0.2, 0.25) is 0 Å². The van der Waals surface area contributed by atoms with Crippen LogP contribution < -0.4 is 0 Å². The topological polar surface area (TPSA) is 89.4 Å². The van der Waals surface area contributed by atoms with Crippen molar-refractivity contribution in [2.24, 2.45) is 0 Å². The zero-order valence-electron chi connectivity index (χ0n) is 13.6. The molecule has 4 rings (SSSR count). The Morgan fingerprint density at radius 3 is 3.00 bits per heavy atom. The minimum atomic E-state index is -0.150. The maximum Gasteiger partial charge on any atom is 0.272 e. The van der Waals surface area contributed by atoms with Gasteiger partial charge in [-0.3, -0.25) is 9.20 Å². The van der Waals surface area contributed by atoms with Gasteiger partial charge in [0.15, 0.2) is 5.82 Å². The van der Waals surface area contributed by atoms with Crippen molar-refractivity contribution in [1.29, 1.82) is 0 Å². The molecule has 8 nitrogen and oxygen atoms in total. The molecule has 1 amide bonds. The molecule has 0 bridgehead atoms. The minimum absolute atomic E-state index is 0.150. The lowest BCUT2D eigenvalue weighted by Crippen LogP contribution is -2.28. The van der Waals surface area contributed by atoms with E-state index in [4.69, 9.17) is 4.52 Å². The summed E-state index contributed by atoms with van der Waals surface area (Å²) >= 11 is 0. The minimum Gasteiger partial charge on any atom is -0.339 e. The van der Waals surface area contributed by atoms with Crippen molar-refractivity contribution in [2.45, 2.75) is 38.6 Å². The molecule has 0 radical (unpaired) electrons. The first-order valence-electron chi connectivity index (χ1n) is 8.01. The van der Waals surface area contributed by atoms with Gasteiger partial charge in [0.05, 0.1) is 12.2 Å². The number of aryl methyl sites for hydroxylation is 1. The number of carbonyl (C=O) groups excluding carboxylic acids is 1. The smallest absolute Gasteiger partial charge is 0.272 e. The average Bonchev–Trinajstić information content (AvgIpc) is 3.08. The second kappa shape index (κ2) is 5.70. The van der Waals surface area contributed by atoms with E-state index in [9.17, 15) is 4.79 Å². The van der Waals surface area contributed by atoms with E-state index in [0.717, 1.165) is 12.8 Å². The molecule has 124 valence electrons. The van der Waals surface area contributed by atoms with Crippen LogP contribution in [0.1, 0.15) is 53.1 Å². The summed E-state index contributed by atoms with van der Waals surface area (Å²) in [6, 6.07) is 1.77. The Morgan fingerprint density at radius 1 is 1.42 bits per heavy atom. The quantitative estimate of drug-likeness (QED) is 0.728. The van der Waals surface area contributed by atoms with Gasteiger partial charge >= 0.3 is 0 Å². The van der Waals surface area contributed by atoms with Crippen molar-refractivity contribution in [3.63, 3.8) is 0 Å². The third kappa shape index (κ3) is 2.44. The summed E-state index contributed by atoms with van der Waals surface area (Å²) < 4.78 is 7.01. The lowest BCUT2D eigenvalue weighted by Gasteiger charge is -2.20. The molecule has 1 saturated carbocycles. The van der Waals surface area contributed by atoms with Crippen LogP contribution in [-0.2, 0) is 6.54 Å². The highest BCUT2D eigenvalue weighted by atomic mass is 16.5. The Balaban J connectivity index is 1.55. The molecule has 0 unspecified atom stereocenters. The lowest BCUT2D eigenvalue weighted by molar-refractivity contribution is 0.0773. The van der Waals surface area contributed by atoms with E-state index in [-0.39, 0.29) is 5.91 Å². The van der Waals surface area contributed by atoms with Gasteiger partial charge in [-0.1, -0.05) is 11.6 Å². The van der Waals surface area contributed by atoms with Crippen molar-refractivity contribution in [3.8, 4) is 0 Å². The van der Waals surface area contributed by atoms with E-state index >= 15 is 0 Å². The largest absolute Gasteiger partial charge is 0.339 e. The number of nitrogens with zero attached hydrogens (tertiary/aromatic N) is 6. The fourth-order valence-corrected chi connectivity index (χ4v) is 2.87. The third-order valence-electron chi connectivity index (χ3n) is 4.44. The van der Waals surface area contributed by atoms with Crippen LogP contribution in [0.5, 0.6) is 0 Å². The Morgan fingerprint density at radius 2 is 2.25 bits per heavy atom. The predicted molar refractivity (Wildman–Crippen MR) is 84.4 cm³/mol. The van der Waals surface area contributed by atoms with Gasteiger partial charge in [-0.15, -0.1) is 0 Å². The maximum atomic E-state index is 12.8. The van der Waals surface area contributed by atoms with Crippen LogP contribution in [0.25, 0.3) is 5.78 Å². The lowest BCUT2D eigenvalue weighted by atomic mass is 9.85. The Bertz CT molecular complexity index is 895. The molecule has 0 aromatic carbocycles. The summed E-state index contributed by atoms with van der Waals surface area (Å²) in [6.07, 6.45) is 6.85. The van der Waals surface area contributed by atoms with Crippen LogP contribution in [-0.4, -0.2) is 42.4 Å². The van der Waals surface area contributed by atoms with E-state index in [1.165, 1.54) is 6.42 Å². The van der Waals surface area contributed by atoms with E-state index in [2.05, 4.69) is 20.1 Å². The summed E-state index contributed by atoms with van der Waals surface area (Å²) in [6.45, 7) is 2.10.